The fraction of sp³-hybridized carbons (Fsp3) is 0.400. The molecule has 2 aromatic carbocycles. The fourth-order valence-electron chi connectivity index (χ4n) is 4.52. The van der Waals surface area contributed by atoms with E-state index in [9.17, 15) is 9.59 Å². The third kappa shape index (κ3) is 4.54. The summed E-state index contributed by atoms with van der Waals surface area (Å²) >= 11 is 0. The van der Waals surface area contributed by atoms with Crippen molar-refractivity contribution in [2.24, 2.45) is 5.92 Å². The van der Waals surface area contributed by atoms with Gasteiger partial charge in [0.2, 0.25) is 0 Å². The predicted octanol–water partition coefficient (Wildman–Crippen LogP) is 3.07. The molecular formula is C25H28N4O2. The lowest BCUT2D eigenvalue weighted by molar-refractivity contribution is 0.0761. The van der Waals surface area contributed by atoms with Crippen LogP contribution in [0.1, 0.15) is 40.9 Å². The number of hydrogen-bond acceptors (Lipinski definition) is 4. The van der Waals surface area contributed by atoms with Crippen molar-refractivity contribution >= 4 is 16.7 Å². The summed E-state index contributed by atoms with van der Waals surface area (Å²) in [5, 5.41) is 8.36. The smallest absolute Gasteiger partial charge is 0.272 e. The van der Waals surface area contributed by atoms with Gasteiger partial charge in [0.1, 0.15) is 0 Å². The number of nitrogens with one attached hydrogen (secondary N) is 1. The van der Waals surface area contributed by atoms with Crippen LogP contribution in [0.5, 0.6) is 0 Å². The lowest BCUT2D eigenvalue weighted by Gasteiger charge is -2.22. The molecule has 160 valence electrons. The van der Waals surface area contributed by atoms with E-state index in [1.165, 1.54) is 19.4 Å². The van der Waals surface area contributed by atoms with Crippen LogP contribution in [-0.4, -0.2) is 58.6 Å². The van der Waals surface area contributed by atoms with Gasteiger partial charge in [0.25, 0.3) is 11.5 Å². The van der Waals surface area contributed by atoms with Crippen molar-refractivity contribution in [2.45, 2.75) is 25.7 Å². The molecule has 1 saturated heterocycles. The Morgan fingerprint density at radius 3 is 2.68 bits per heavy atom. The SMILES string of the molecule is O=C(c1cccc(Cc2n[nH]c(=O)c3ccccc23)c1)N1CCCN(CC2CC2)CC1. The first-order chi connectivity index (χ1) is 15.2. The minimum absolute atomic E-state index is 0.106. The predicted molar refractivity (Wildman–Crippen MR) is 121 cm³/mol. The monoisotopic (exact) mass is 416 g/mol. The molecular weight excluding hydrogens is 388 g/mol. The first kappa shape index (κ1) is 19.9. The molecule has 3 aromatic rings. The van der Waals surface area contributed by atoms with Crippen LogP contribution in [0, 0.1) is 5.92 Å². The Bertz CT molecular complexity index is 1150. The zero-order chi connectivity index (χ0) is 21.2. The number of carbonyl (C=O) groups is 1. The molecule has 0 spiro atoms. The highest BCUT2D eigenvalue weighted by molar-refractivity contribution is 5.94. The summed E-state index contributed by atoms with van der Waals surface area (Å²) in [6, 6.07) is 15.3. The molecule has 1 aliphatic heterocycles. The fourth-order valence-corrected chi connectivity index (χ4v) is 4.52. The van der Waals surface area contributed by atoms with Gasteiger partial charge in [-0.3, -0.25) is 9.59 Å². The van der Waals surface area contributed by atoms with Gasteiger partial charge < -0.3 is 9.80 Å². The number of nitrogens with zero attached hydrogens (tertiary/aromatic N) is 3. The van der Waals surface area contributed by atoms with Crippen LogP contribution in [-0.2, 0) is 6.42 Å². The molecule has 2 aliphatic rings. The minimum atomic E-state index is -0.180. The van der Waals surface area contributed by atoms with Crippen molar-refractivity contribution in [2.75, 3.05) is 32.7 Å². The maximum Gasteiger partial charge on any atom is 0.272 e. The van der Waals surface area contributed by atoms with Crippen LogP contribution in [0.2, 0.25) is 0 Å². The Morgan fingerprint density at radius 2 is 1.84 bits per heavy atom. The van der Waals surface area contributed by atoms with Crippen LogP contribution in [0.4, 0.5) is 0 Å². The van der Waals surface area contributed by atoms with Crippen molar-refractivity contribution in [3.05, 3.63) is 75.7 Å². The maximum atomic E-state index is 13.2. The van der Waals surface area contributed by atoms with Crippen molar-refractivity contribution < 1.29 is 4.79 Å². The maximum absolute atomic E-state index is 13.2. The van der Waals surface area contributed by atoms with Gasteiger partial charge in [-0.15, -0.1) is 0 Å². The van der Waals surface area contributed by atoms with E-state index in [4.69, 9.17) is 0 Å². The Labute approximate surface area is 181 Å². The van der Waals surface area contributed by atoms with Gasteiger partial charge in [-0.05, 0) is 55.5 Å². The number of benzene rings is 2. The Morgan fingerprint density at radius 1 is 1.00 bits per heavy atom. The summed E-state index contributed by atoms with van der Waals surface area (Å²) in [7, 11) is 0. The summed E-state index contributed by atoms with van der Waals surface area (Å²) in [6.45, 7) is 4.86. The van der Waals surface area contributed by atoms with E-state index in [1.54, 1.807) is 0 Å². The second-order valence-corrected chi connectivity index (χ2v) is 8.81. The van der Waals surface area contributed by atoms with Gasteiger partial charge in [-0.2, -0.15) is 5.10 Å². The number of hydrogen-bond donors (Lipinski definition) is 1. The van der Waals surface area contributed by atoms with E-state index in [0.717, 1.165) is 60.7 Å². The zero-order valence-corrected chi connectivity index (χ0v) is 17.7. The lowest BCUT2D eigenvalue weighted by Crippen LogP contribution is -2.35. The number of rotatable bonds is 5. The minimum Gasteiger partial charge on any atom is -0.337 e. The second-order valence-electron chi connectivity index (χ2n) is 8.81. The first-order valence-corrected chi connectivity index (χ1v) is 11.2. The van der Waals surface area contributed by atoms with Gasteiger partial charge in [0.15, 0.2) is 0 Å². The first-order valence-electron chi connectivity index (χ1n) is 11.2. The molecule has 0 atom stereocenters. The van der Waals surface area contributed by atoms with Crippen molar-refractivity contribution in [3.63, 3.8) is 0 Å². The van der Waals surface area contributed by atoms with Gasteiger partial charge >= 0.3 is 0 Å². The number of aromatic nitrogens is 2. The summed E-state index contributed by atoms with van der Waals surface area (Å²) in [5.41, 5.74) is 2.37. The van der Waals surface area contributed by atoms with Crippen LogP contribution in [0.3, 0.4) is 0 Å². The molecule has 1 aromatic heterocycles. The molecule has 2 fully saturated rings. The van der Waals surface area contributed by atoms with Crippen LogP contribution in [0.15, 0.2) is 53.3 Å². The number of fused-ring (bicyclic) bond motifs is 1. The highest BCUT2D eigenvalue weighted by Crippen LogP contribution is 2.30. The number of H-pyrrole nitrogens is 1. The van der Waals surface area contributed by atoms with Crippen molar-refractivity contribution in [1.82, 2.24) is 20.0 Å². The highest BCUT2D eigenvalue weighted by Gasteiger charge is 2.26. The average Bonchev–Trinajstić information content (AvgIpc) is 3.64. The van der Waals surface area contributed by atoms with Gasteiger partial charge in [-0.25, -0.2) is 5.10 Å². The van der Waals surface area contributed by atoms with Gasteiger partial charge in [0.05, 0.1) is 11.1 Å². The number of carbonyl (C=O) groups excluding carboxylic acids is 1. The van der Waals surface area contributed by atoms with Gasteiger partial charge in [-0.1, -0.05) is 30.3 Å². The van der Waals surface area contributed by atoms with Crippen molar-refractivity contribution in [1.29, 1.82) is 0 Å². The zero-order valence-electron chi connectivity index (χ0n) is 17.7. The molecule has 1 amide bonds. The van der Waals surface area contributed by atoms with Crippen LogP contribution >= 0.6 is 0 Å². The Kier molecular flexibility index (Phi) is 5.55. The average molecular weight is 417 g/mol. The molecule has 0 bridgehead atoms. The van der Waals surface area contributed by atoms with E-state index < -0.39 is 0 Å². The standard InChI is InChI=1S/C25H28N4O2/c30-24-22-8-2-1-7-21(22)23(26-27-24)16-19-5-3-6-20(15-19)25(31)29-12-4-11-28(13-14-29)17-18-9-10-18/h1-3,5-8,15,18H,4,9-14,16-17H2,(H,27,30). The van der Waals surface area contributed by atoms with Gasteiger partial charge in [0, 0.05) is 43.5 Å². The van der Waals surface area contributed by atoms with E-state index in [2.05, 4.69) is 15.1 Å². The molecule has 0 radical (unpaired) electrons. The third-order valence-corrected chi connectivity index (χ3v) is 6.41. The highest BCUT2D eigenvalue weighted by atomic mass is 16.2. The summed E-state index contributed by atoms with van der Waals surface area (Å²) in [4.78, 5) is 29.8. The summed E-state index contributed by atoms with van der Waals surface area (Å²) in [5.74, 6) is 0.992. The van der Waals surface area contributed by atoms with Crippen LogP contribution in [0.25, 0.3) is 10.8 Å². The quantitative estimate of drug-likeness (QED) is 0.694. The molecule has 1 N–H and O–H groups in total. The molecule has 2 heterocycles. The van der Waals surface area contributed by atoms with Crippen LogP contribution < -0.4 is 5.56 Å². The van der Waals surface area contributed by atoms with E-state index >= 15 is 0 Å². The van der Waals surface area contributed by atoms with Crippen molar-refractivity contribution in [3.8, 4) is 0 Å². The van der Waals surface area contributed by atoms with E-state index in [1.807, 2.05) is 53.4 Å². The second kappa shape index (κ2) is 8.63. The largest absolute Gasteiger partial charge is 0.337 e. The third-order valence-electron chi connectivity index (χ3n) is 6.41. The molecule has 0 unspecified atom stereocenters. The number of amides is 1. The number of aromatic amines is 1. The molecule has 1 aliphatic carbocycles. The molecule has 31 heavy (non-hydrogen) atoms. The van der Waals surface area contributed by atoms with E-state index in [-0.39, 0.29) is 11.5 Å². The molecule has 6 nitrogen and oxygen atoms in total. The Balaban J connectivity index is 1.31. The topological polar surface area (TPSA) is 69.3 Å². The Hall–Kier alpha value is -2.99. The molecule has 6 heteroatoms. The normalized spacial score (nSPS) is 17.6. The summed E-state index contributed by atoms with van der Waals surface area (Å²) < 4.78 is 0. The lowest BCUT2D eigenvalue weighted by atomic mass is 10.0. The molecule has 1 saturated carbocycles. The molecule has 5 rings (SSSR count). The summed E-state index contributed by atoms with van der Waals surface area (Å²) in [6.07, 6.45) is 4.33. The van der Waals surface area contributed by atoms with E-state index in [0.29, 0.717) is 11.8 Å².